The van der Waals surface area contributed by atoms with Crippen LogP contribution in [0.4, 0.5) is 13.2 Å². The lowest BCUT2D eigenvalue weighted by atomic mass is 10.0. The van der Waals surface area contributed by atoms with E-state index in [0.29, 0.717) is 24.2 Å². The summed E-state index contributed by atoms with van der Waals surface area (Å²) in [7, 11) is 0. The zero-order chi connectivity index (χ0) is 29.8. The molecule has 8 heteroatoms. The average Bonchev–Trinajstić information content (AvgIpc) is 2.96. The summed E-state index contributed by atoms with van der Waals surface area (Å²) in [6, 6.07) is 18.7. The van der Waals surface area contributed by atoms with Gasteiger partial charge in [0.15, 0.2) is 6.10 Å². The normalized spacial score (nSPS) is 12.0. The first-order valence-electron chi connectivity index (χ1n) is 14.1. The minimum absolute atomic E-state index is 0.0506. The number of unbranched alkanes of at least 4 members (excludes halogenated alkanes) is 4. The Bertz CT molecular complexity index is 1270. The SMILES string of the molecule is CCCCCCOc1ccc(-c2ccc(C(=O)Oc3ccc(C(=O)O[C@@H](CCCC)C(F)(F)F)cc3C)cc2)cc1. The molecule has 0 saturated heterocycles. The van der Waals surface area contributed by atoms with Gasteiger partial charge in [0, 0.05) is 0 Å². The fourth-order valence-electron chi connectivity index (χ4n) is 4.19. The molecule has 1 atom stereocenters. The second-order valence-electron chi connectivity index (χ2n) is 9.96. The van der Waals surface area contributed by atoms with Crippen molar-refractivity contribution in [2.24, 2.45) is 0 Å². The van der Waals surface area contributed by atoms with Crippen molar-refractivity contribution in [1.29, 1.82) is 0 Å². The first-order chi connectivity index (χ1) is 19.6. The maximum absolute atomic E-state index is 13.2. The lowest BCUT2D eigenvalue weighted by Gasteiger charge is -2.20. The van der Waals surface area contributed by atoms with Crippen LogP contribution in [0.5, 0.6) is 11.5 Å². The van der Waals surface area contributed by atoms with Crippen LogP contribution in [0, 0.1) is 6.92 Å². The molecule has 0 bridgehead atoms. The molecule has 0 amide bonds. The van der Waals surface area contributed by atoms with E-state index < -0.39 is 24.2 Å². The predicted octanol–water partition coefficient (Wildman–Crippen LogP) is 9.12. The number of halogens is 3. The molecule has 0 unspecified atom stereocenters. The van der Waals surface area contributed by atoms with Crippen LogP contribution in [0.25, 0.3) is 11.1 Å². The number of alkyl halides is 3. The lowest BCUT2D eigenvalue weighted by molar-refractivity contribution is -0.206. The van der Waals surface area contributed by atoms with E-state index in [0.717, 1.165) is 29.7 Å². The third-order valence-electron chi connectivity index (χ3n) is 6.62. The van der Waals surface area contributed by atoms with E-state index in [1.54, 1.807) is 26.0 Å². The second-order valence-corrected chi connectivity index (χ2v) is 9.96. The number of benzene rings is 3. The summed E-state index contributed by atoms with van der Waals surface area (Å²) in [6.45, 7) is 6.23. The van der Waals surface area contributed by atoms with Gasteiger partial charge in [-0.3, -0.25) is 0 Å². The molecule has 0 aliphatic carbocycles. The molecule has 0 spiro atoms. The summed E-state index contributed by atoms with van der Waals surface area (Å²) in [4.78, 5) is 25.1. The number of esters is 2. The highest BCUT2D eigenvalue weighted by molar-refractivity contribution is 5.93. The Hall–Kier alpha value is -3.81. The molecule has 0 aliphatic heterocycles. The topological polar surface area (TPSA) is 61.8 Å². The molecule has 0 aromatic heterocycles. The molecule has 0 heterocycles. The van der Waals surface area contributed by atoms with Gasteiger partial charge in [0.1, 0.15) is 11.5 Å². The number of carbonyl (C=O) groups excluding carboxylic acids is 2. The molecule has 220 valence electrons. The monoisotopic (exact) mass is 570 g/mol. The third kappa shape index (κ3) is 9.66. The van der Waals surface area contributed by atoms with Gasteiger partial charge in [-0.2, -0.15) is 13.2 Å². The summed E-state index contributed by atoms with van der Waals surface area (Å²) in [6.07, 6.45) is -1.68. The largest absolute Gasteiger partial charge is 0.494 e. The summed E-state index contributed by atoms with van der Waals surface area (Å²) >= 11 is 0. The van der Waals surface area contributed by atoms with Crippen LogP contribution in [0.2, 0.25) is 0 Å². The minimum Gasteiger partial charge on any atom is -0.494 e. The Kier molecular flexibility index (Phi) is 11.8. The van der Waals surface area contributed by atoms with Crippen LogP contribution < -0.4 is 9.47 Å². The second kappa shape index (κ2) is 15.3. The zero-order valence-corrected chi connectivity index (χ0v) is 23.8. The van der Waals surface area contributed by atoms with Crippen molar-refractivity contribution in [1.82, 2.24) is 0 Å². The predicted molar refractivity (Wildman–Crippen MR) is 152 cm³/mol. The highest BCUT2D eigenvalue weighted by Crippen LogP contribution is 2.29. The fourth-order valence-corrected chi connectivity index (χ4v) is 4.19. The van der Waals surface area contributed by atoms with E-state index in [2.05, 4.69) is 6.92 Å². The molecule has 0 fully saturated rings. The van der Waals surface area contributed by atoms with E-state index in [9.17, 15) is 22.8 Å². The van der Waals surface area contributed by atoms with E-state index >= 15 is 0 Å². The zero-order valence-electron chi connectivity index (χ0n) is 23.8. The molecular formula is C33H37F3O5. The van der Waals surface area contributed by atoms with Crippen LogP contribution in [-0.4, -0.2) is 30.8 Å². The molecular weight excluding hydrogens is 533 g/mol. The number of aryl methyl sites for hydroxylation is 1. The first-order valence-corrected chi connectivity index (χ1v) is 14.1. The van der Waals surface area contributed by atoms with Gasteiger partial charge < -0.3 is 14.2 Å². The Balaban J connectivity index is 1.59. The number of carbonyl (C=O) groups is 2. The van der Waals surface area contributed by atoms with Crippen molar-refractivity contribution >= 4 is 11.9 Å². The smallest absolute Gasteiger partial charge is 0.425 e. The van der Waals surface area contributed by atoms with Gasteiger partial charge in [-0.1, -0.05) is 63.8 Å². The summed E-state index contributed by atoms with van der Waals surface area (Å²) in [5.74, 6) is -0.666. The molecule has 0 saturated carbocycles. The number of ether oxygens (including phenoxy) is 3. The van der Waals surface area contributed by atoms with Crippen LogP contribution in [0.15, 0.2) is 66.7 Å². The Morgan fingerprint density at radius 1 is 0.756 bits per heavy atom. The van der Waals surface area contributed by atoms with Gasteiger partial charge in [0.2, 0.25) is 0 Å². The van der Waals surface area contributed by atoms with E-state index in [-0.39, 0.29) is 24.2 Å². The van der Waals surface area contributed by atoms with Crippen LogP contribution in [0.3, 0.4) is 0 Å². The van der Waals surface area contributed by atoms with Crippen LogP contribution >= 0.6 is 0 Å². The Morgan fingerprint density at radius 2 is 1.37 bits per heavy atom. The summed E-state index contributed by atoms with van der Waals surface area (Å²) < 4.78 is 55.7. The maximum Gasteiger partial charge on any atom is 0.425 e. The van der Waals surface area contributed by atoms with E-state index in [1.165, 1.54) is 31.0 Å². The van der Waals surface area contributed by atoms with Gasteiger partial charge in [-0.25, -0.2) is 9.59 Å². The highest BCUT2D eigenvalue weighted by Gasteiger charge is 2.42. The Morgan fingerprint density at radius 3 is 1.95 bits per heavy atom. The number of hydrogen-bond acceptors (Lipinski definition) is 5. The molecule has 41 heavy (non-hydrogen) atoms. The summed E-state index contributed by atoms with van der Waals surface area (Å²) in [5.41, 5.74) is 2.59. The van der Waals surface area contributed by atoms with Gasteiger partial charge in [0.05, 0.1) is 17.7 Å². The maximum atomic E-state index is 13.2. The number of hydrogen-bond donors (Lipinski definition) is 0. The van der Waals surface area contributed by atoms with Crippen molar-refractivity contribution in [2.75, 3.05) is 6.61 Å². The summed E-state index contributed by atoms with van der Waals surface area (Å²) in [5, 5.41) is 0. The molecule has 0 radical (unpaired) electrons. The van der Waals surface area contributed by atoms with Crippen LogP contribution in [-0.2, 0) is 4.74 Å². The fraction of sp³-hybridized carbons (Fsp3) is 0.394. The first kappa shape index (κ1) is 31.7. The molecule has 3 rings (SSSR count). The average molecular weight is 571 g/mol. The highest BCUT2D eigenvalue weighted by atomic mass is 19.4. The van der Waals surface area contributed by atoms with Crippen molar-refractivity contribution in [3.8, 4) is 22.6 Å². The standard InChI is InChI=1S/C33H37F3O5/c1-4-6-8-9-21-39-28-18-15-25(16-19-28)24-11-13-26(14-12-24)31(37)40-29-20-17-27(22-23(29)3)32(38)41-30(10-7-5-2)33(34,35)36/h11-20,22,30H,4-10,21H2,1-3H3/t30-/m0/s1. The van der Waals surface area contributed by atoms with Gasteiger partial charge in [0.25, 0.3) is 0 Å². The van der Waals surface area contributed by atoms with Crippen LogP contribution in [0.1, 0.15) is 85.1 Å². The van der Waals surface area contributed by atoms with E-state index in [4.69, 9.17) is 14.2 Å². The minimum atomic E-state index is -4.64. The Labute approximate surface area is 239 Å². The van der Waals surface area contributed by atoms with Crippen molar-refractivity contribution in [3.05, 3.63) is 83.4 Å². The third-order valence-corrected chi connectivity index (χ3v) is 6.62. The quantitative estimate of drug-likeness (QED) is 0.110. The number of rotatable bonds is 14. The molecule has 0 N–H and O–H groups in total. The van der Waals surface area contributed by atoms with Gasteiger partial charge in [-0.05, 0) is 85.3 Å². The molecule has 5 nitrogen and oxygen atoms in total. The van der Waals surface area contributed by atoms with Crippen molar-refractivity contribution in [3.63, 3.8) is 0 Å². The van der Waals surface area contributed by atoms with E-state index in [1.807, 2.05) is 36.4 Å². The molecule has 3 aromatic carbocycles. The lowest BCUT2D eigenvalue weighted by Crippen LogP contribution is -2.33. The van der Waals surface area contributed by atoms with Gasteiger partial charge in [-0.15, -0.1) is 0 Å². The van der Waals surface area contributed by atoms with Gasteiger partial charge >= 0.3 is 18.1 Å². The molecule has 0 aliphatic rings. The van der Waals surface area contributed by atoms with Crippen molar-refractivity contribution in [2.45, 2.75) is 78.0 Å². The molecule has 3 aromatic rings. The van der Waals surface area contributed by atoms with Crippen molar-refractivity contribution < 1.29 is 37.0 Å².